The van der Waals surface area contributed by atoms with Crippen molar-refractivity contribution >= 4 is 11.6 Å². The highest BCUT2D eigenvalue weighted by Crippen LogP contribution is 2.30. The molecule has 0 N–H and O–H groups in total. The molecule has 4 heteroatoms. The Morgan fingerprint density at radius 1 is 0.625 bits per heavy atom. The Bertz CT molecular complexity index is 856. The fraction of sp³-hybridized carbons (Fsp3) is 0.100. The predicted molar refractivity (Wildman–Crippen MR) is 92.9 cm³/mol. The number of benzene rings is 1. The molecule has 0 saturated heterocycles. The van der Waals surface area contributed by atoms with Gasteiger partial charge in [-0.05, 0) is 24.3 Å². The van der Waals surface area contributed by atoms with E-state index in [1.807, 2.05) is 48.5 Å². The Morgan fingerprint density at radius 3 is 1.42 bits per heavy atom. The van der Waals surface area contributed by atoms with E-state index in [4.69, 9.17) is 0 Å². The smallest absolute Gasteiger partial charge is 0.178 e. The molecule has 0 spiro atoms. The van der Waals surface area contributed by atoms with Crippen molar-refractivity contribution in [1.82, 2.24) is 9.97 Å². The van der Waals surface area contributed by atoms with Gasteiger partial charge >= 0.3 is 0 Å². The second kappa shape index (κ2) is 6.54. The summed E-state index contributed by atoms with van der Waals surface area (Å²) in [7, 11) is 0. The molecule has 0 aliphatic carbocycles. The van der Waals surface area contributed by atoms with Crippen LogP contribution in [0.2, 0.25) is 0 Å². The van der Waals surface area contributed by atoms with E-state index in [1.54, 1.807) is 12.1 Å². The average Bonchev–Trinajstić information content (AvgIpc) is 2.62. The minimum atomic E-state index is -0.0777. The van der Waals surface area contributed by atoms with E-state index in [-0.39, 0.29) is 11.6 Å². The van der Waals surface area contributed by atoms with Gasteiger partial charge in [0.15, 0.2) is 11.6 Å². The summed E-state index contributed by atoms with van der Waals surface area (Å²) >= 11 is 0. The van der Waals surface area contributed by atoms with Crippen LogP contribution in [0.5, 0.6) is 0 Å². The van der Waals surface area contributed by atoms with Crippen molar-refractivity contribution < 1.29 is 9.59 Å². The van der Waals surface area contributed by atoms with Crippen LogP contribution in [-0.4, -0.2) is 21.5 Å². The van der Waals surface area contributed by atoms with Crippen LogP contribution >= 0.6 is 0 Å². The highest BCUT2D eigenvalue weighted by Gasteiger charge is 2.12. The maximum atomic E-state index is 11.6. The third-order valence-corrected chi connectivity index (χ3v) is 3.70. The van der Waals surface area contributed by atoms with Crippen molar-refractivity contribution in [2.75, 3.05) is 0 Å². The molecule has 0 aliphatic heterocycles. The molecule has 0 atom stereocenters. The molecule has 0 amide bonds. The molecule has 3 aromatic rings. The molecule has 1 aromatic carbocycles. The van der Waals surface area contributed by atoms with Crippen LogP contribution in [0.25, 0.3) is 22.5 Å². The highest BCUT2D eigenvalue weighted by atomic mass is 16.1. The van der Waals surface area contributed by atoms with Gasteiger partial charge in [0.2, 0.25) is 0 Å². The minimum absolute atomic E-state index is 0.0777. The zero-order chi connectivity index (χ0) is 17.1. The molecule has 2 heterocycles. The molecule has 2 aromatic heterocycles. The summed E-state index contributed by atoms with van der Waals surface area (Å²) in [5, 5.41) is 0. The van der Waals surface area contributed by atoms with E-state index < -0.39 is 0 Å². The minimum Gasteiger partial charge on any atom is -0.293 e. The van der Waals surface area contributed by atoms with E-state index in [9.17, 15) is 9.59 Å². The summed E-state index contributed by atoms with van der Waals surface area (Å²) < 4.78 is 0. The lowest BCUT2D eigenvalue weighted by Crippen LogP contribution is -2.00. The van der Waals surface area contributed by atoms with Crippen LogP contribution in [0.4, 0.5) is 0 Å². The fourth-order valence-corrected chi connectivity index (χ4v) is 2.49. The Kier molecular flexibility index (Phi) is 4.29. The first-order chi connectivity index (χ1) is 11.6. The van der Waals surface area contributed by atoms with Gasteiger partial charge in [-0.1, -0.05) is 36.4 Å². The van der Waals surface area contributed by atoms with Gasteiger partial charge in [-0.25, -0.2) is 9.97 Å². The summed E-state index contributed by atoms with van der Waals surface area (Å²) in [6.45, 7) is 2.99. The fourth-order valence-electron chi connectivity index (χ4n) is 2.49. The molecule has 0 radical (unpaired) electrons. The number of hydrogen-bond acceptors (Lipinski definition) is 4. The van der Waals surface area contributed by atoms with Crippen LogP contribution in [0.15, 0.2) is 60.7 Å². The summed E-state index contributed by atoms with van der Waals surface area (Å²) in [5.41, 5.74) is 3.99. The lowest BCUT2D eigenvalue weighted by Gasteiger charge is -2.10. The Balaban J connectivity index is 2.16. The maximum Gasteiger partial charge on any atom is 0.178 e. The van der Waals surface area contributed by atoms with E-state index in [0.29, 0.717) is 22.8 Å². The van der Waals surface area contributed by atoms with Crippen molar-refractivity contribution in [3.8, 4) is 22.5 Å². The lowest BCUT2D eigenvalue weighted by molar-refractivity contribution is 0.100. The molecule has 118 valence electrons. The summed E-state index contributed by atoms with van der Waals surface area (Å²) in [5.74, 6) is -0.155. The normalized spacial score (nSPS) is 10.4. The van der Waals surface area contributed by atoms with Crippen LogP contribution < -0.4 is 0 Å². The number of rotatable bonds is 4. The second-order valence-corrected chi connectivity index (χ2v) is 5.47. The molecular formula is C20H16N2O2. The number of ketones is 2. The van der Waals surface area contributed by atoms with Gasteiger partial charge in [-0.3, -0.25) is 9.59 Å². The number of nitrogens with zero attached hydrogens (tertiary/aromatic N) is 2. The first-order valence-corrected chi connectivity index (χ1v) is 7.62. The zero-order valence-electron chi connectivity index (χ0n) is 13.5. The summed E-state index contributed by atoms with van der Waals surface area (Å²) in [6, 6.07) is 18.4. The van der Waals surface area contributed by atoms with Gasteiger partial charge < -0.3 is 0 Å². The monoisotopic (exact) mass is 316 g/mol. The SMILES string of the molecule is CC(=O)c1cccc(-c2ccccc2-c2cccc(C(C)=O)n2)n1. The number of hydrogen-bond donors (Lipinski definition) is 0. The van der Waals surface area contributed by atoms with Crippen LogP contribution in [0, 0.1) is 0 Å². The Morgan fingerprint density at radius 2 is 1.04 bits per heavy atom. The largest absolute Gasteiger partial charge is 0.293 e. The molecule has 0 bridgehead atoms. The maximum absolute atomic E-state index is 11.6. The lowest BCUT2D eigenvalue weighted by atomic mass is 10.00. The zero-order valence-corrected chi connectivity index (χ0v) is 13.5. The van der Waals surface area contributed by atoms with Gasteiger partial charge in [0.25, 0.3) is 0 Å². The topological polar surface area (TPSA) is 59.9 Å². The molecule has 3 rings (SSSR count). The van der Waals surface area contributed by atoms with Crippen molar-refractivity contribution in [1.29, 1.82) is 0 Å². The molecular weight excluding hydrogens is 300 g/mol. The van der Waals surface area contributed by atoms with Gasteiger partial charge in [0.1, 0.15) is 11.4 Å². The van der Waals surface area contributed by atoms with Crippen molar-refractivity contribution in [3.05, 3.63) is 72.1 Å². The Labute approximate surface area is 140 Å². The van der Waals surface area contributed by atoms with E-state index in [1.165, 1.54) is 13.8 Å². The average molecular weight is 316 g/mol. The van der Waals surface area contributed by atoms with Gasteiger partial charge in [0, 0.05) is 25.0 Å². The van der Waals surface area contributed by atoms with Crippen molar-refractivity contribution in [3.63, 3.8) is 0 Å². The summed E-state index contributed by atoms with van der Waals surface area (Å²) in [6.07, 6.45) is 0. The Hall–Kier alpha value is -3.14. The molecule has 4 nitrogen and oxygen atoms in total. The second-order valence-electron chi connectivity index (χ2n) is 5.47. The van der Waals surface area contributed by atoms with Crippen molar-refractivity contribution in [2.45, 2.75) is 13.8 Å². The molecule has 0 unspecified atom stereocenters. The number of Topliss-reactive ketones (excluding diaryl/α,β-unsaturated/α-hetero) is 2. The first kappa shape index (κ1) is 15.7. The van der Waals surface area contributed by atoms with E-state index in [0.717, 1.165) is 11.1 Å². The number of pyridine rings is 2. The highest BCUT2D eigenvalue weighted by molar-refractivity contribution is 5.94. The van der Waals surface area contributed by atoms with Gasteiger partial charge in [0.05, 0.1) is 11.4 Å². The quantitative estimate of drug-likeness (QED) is 0.676. The van der Waals surface area contributed by atoms with E-state index >= 15 is 0 Å². The third kappa shape index (κ3) is 3.13. The van der Waals surface area contributed by atoms with Crippen LogP contribution in [0.1, 0.15) is 34.8 Å². The van der Waals surface area contributed by atoms with Gasteiger partial charge in [-0.15, -0.1) is 0 Å². The molecule has 24 heavy (non-hydrogen) atoms. The van der Waals surface area contributed by atoms with Crippen molar-refractivity contribution in [2.24, 2.45) is 0 Å². The van der Waals surface area contributed by atoms with E-state index in [2.05, 4.69) is 9.97 Å². The predicted octanol–water partition coefficient (Wildman–Crippen LogP) is 4.22. The van der Waals surface area contributed by atoms with Crippen LogP contribution in [-0.2, 0) is 0 Å². The third-order valence-electron chi connectivity index (χ3n) is 3.70. The molecule has 0 aliphatic rings. The molecule has 0 fully saturated rings. The standard InChI is InChI=1S/C20H16N2O2/c1-13(23)17-9-5-11-19(21-17)15-7-3-4-8-16(15)20-12-6-10-18(22-20)14(2)24/h3-12H,1-2H3. The van der Waals surface area contributed by atoms with Gasteiger partial charge in [-0.2, -0.15) is 0 Å². The number of carbonyl (C=O) groups is 2. The number of carbonyl (C=O) groups excluding carboxylic acids is 2. The first-order valence-electron chi connectivity index (χ1n) is 7.62. The summed E-state index contributed by atoms with van der Waals surface area (Å²) in [4.78, 5) is 32.1. The molecule has 0 saturated carbocycles. The van der Waals surface area contributed by atoms with Crippen LogP contribution in [0.3, 0.4) is 0 Å². The number of aromatic nitrogens is 2.